The van der Waals surface area contributed by atoms with Crippen LogP contribution >= 0.6 is 11.6 Å². The van der Waals surface area contributed by atoms with Gasteiger partial charge in [0.25, 0.3) is 5.91 Å². The fourth-order valence-electron chi connectivity index (χ4n) is 2.00. The fraction of sp³-hybridized carbons (Fsp3) is 0.429. The van der Waals surface area contributed by atoms with Gasteiger partial charge in [-0.2, -0.15) is 5.10 Å². The van der Waals surface area contributed by atoms with Gasteiger partial charge in [0.2, 0.25) is 0 Å². The van der Waals surface area contributed by atoms with E-state index in [4.69, 9.17) is 16.0 Å². The highest BCUT2D eigenvalue weighted by molar-refractivity contribution is 6.33. The van der Waals surface area contributed by atoms with Crippen molar-refractivity contribution >= 4 is 17.5 Å². The molecule has 2 N–H and O–H groups in total. The van der Waals surface area contributed by atoms with E-state index < -0.39 is 6.10 Å². The first-order valence-corrected chi connectivity index (χ1v) is 7.01. The molecule has 0 radical (unpaired) electrons. The molecule has 0 bridgehead atoms. The Bertz CT molecular complexity index is 620. The molecule has 2 rings (SSSR count). The van der Waals surface area contributed by atoms with Crippen molar-refractivity contribution in [2.24, 2.45) is 7.05 Å². The van der Waals surface area contributed by atoms with E-state index in [0.717, 1.165) is 0 Å². The van der Waals surface area contributed by atoms with Crippen molar-refractivity contribution in [1.29, 1.82) is 0 Å². The number of furan rings is 1. The third kappa shape index (κ3) is 3.28. The molecular formula is C14H18ClN3O3. The van der Waals surface area contributed by atoms with Crippen LogP contribution in [0.25, 0.3) is 0 Å². The number of nitrogens with one attached hydrogen (secondary N) is 1. The van der Waals surface area contributed by atoms with Gasteiger partial charge in [-0.05, 0) is 18.1 Å². The maximum Gasteiger partial charge on any atom is 0.256 e. The highest BCUT2D eigenvalue weighted by atomic mass is 35.5. The number of rotatable bonds is 5. The number of carbonyl (C=O) groups excluding carboxylic acids is 1. The third-order valence-electron chi connectivity index (χ3n) is 3.11. The van der Waals surface area contributed by atoms with E-state index in [1.165, 1.54) is 10.9 Å². The van der Waals surface area contributed by atoms with E-state index in [2.05, 4.69) is 10.4 Å². The molecule has 2 heterocycles. The average Bonchev–Trinajstić information content (AvgIpc) is 3.05. The van der Waals surface area contributed by atoms with E-state index in [1.54, 1.807) is 19.2 Å². The van der Waals surface area contributed by atoms with Gasteiger partial charge < -0.3 is 14.8 Å². The number of amides is 1. The van der Waals surface area contributed by atoms with E-state index in [-0.39, 0.29) is 23.5 Å². The second kappa shape index (κ2) is 6.32. The van der Waals surface area contributed by atoms with Crippen molar-refractivity contribution in [1.82, 2.24) is 15.1 Å². The van der Waals surface area contributed by atoms with Crippen molar-refractivity contribution in [2.45, 2.75) is 25.9 Å². The largest absolute Gasteiger partial charge is 0.467 e. The first kappa shape index (κ1) is 15.6. The van der Waals surface area contributed by atoms with Crippen LogP contribution in [0.15, 0.2) is 22.8 Å². The Balaban J connectivity index is 2.10. The molecule has 0 saturated carbocycles. The number of aromatic nitrogens is 2. The first-order valence-electron chi connectivity index (χ1n) is 6.63. The van der Waals surface area contributed by atoms with Crippen LogP contribution in [0.4, 0.5) is 0 Å². The number of hydrogen-bond acceptors (Lipinski definition) is 4. The minimum atomic E-state index is -0.901. The molecule has 21 heavy (non-hydrogen) atoms. The topological polar surface area (TPSA) is 80.3 Å². The Morgan fingerprint density at radius 1 is 1.57 bits per heavy atom. The van der Waals surface area contributed by atoms with Gasteiger partial charge in [0.1, 0.15) is 17.0 Å². The number of aliphatic hydroxyl groups excluding tert-OH is 1. The summed E-state index contributed by atoms with van der Waals surface area (Å²) in [5.41, 5.74) is 0.980. The molecule has 1 amide bonds. The molecule has 7 heteroatoms. The lowest BCUT2D eigenvalue weighted by Crippen LogP contribution is -2.29. The summed E-state index contributed by atoms with van der Waals surface area (Å²) < 4.78 is 6.55. The van der Waals surface area contributed by atoms with Crippen molar-refractivity contribution in [3.63, 3.8) is 0 Å². The molecule has 6 nitrogen and oxygen atoms in total. The molecule has 1 atom stereocenters. The van der Waals surface area contributed by atoms with Crippen LogP contribution < -0.4 is 5.32 Å². The maximum absolute atomic E-state index is 12.3. The van der Waals surface area contributed by atoms with Gasteiger partial charge in [-0.25, -0.2) is 0 Å². The molecule has 2 aromatic heterocycles. The predicted molar refractivity (Wildman–Crippen MR) is 78.3 cm³/mol. The van der Waals surface area contributed by atoms with Gasteiger partial charge in [-0.3, -0.25) is 9.48 Å². The molecule has 0 aliphatic heterocycles. The molecule has 0 spiro atoms. The molecule has 0 unspecified atom stereocenters. The van der Waals surface area contributed by atoms with Crippen molar-refractivity contribution in [3.8, 4) is 0 Å². The molecule has 114 valence electrons. The second-order valence-corrected chi connectivity index (χ2v) is 5.43. The summed E-state index contributed by atoms with van der Waals surface area (Å²) in [4.78, 5) is 12.3. The van der Waals surface area contributed by atoms with Crippen LogP contribution in [0, 0.1) is 0 Å². The first-order chi connectivity index (χ1) is 9.91. The summed E-state index contributed by atoms with van der Waals surface area (Å²) in [5.74, 6) is 0.110. The Hall–Kier alpha value is -1.79. The summed E-state index contributed by atoms with van der Waals surface area (Å²) >= 11 is 6.13. The van der Waals surface area contributed by atoms with Crippen molar-refractivity contribution in [3.05, 3.63) is 40.6 Å². The molecule has 0 fully saturated rings. The molecule has 0 aromatic carbocycles. The molecule has 0 aliphatic carbocycles. The zero-order valence-electron chi connectivity index (χ0n) is 12.1. The molecule has 2 aromatic rings. The predicted octanol–water partition coefficient (Wildman–Crippen LogP) is 2.25. The van der Waals surface area contributed by atoms with Crippen LogP contribution in [0.1, 0.15) is 47.7 Å². The minimum Gasteiger partial charge on any atom is -0.467 e. The van der Waals surface area contributed by atoms with E-state index in [0.29, 0.717) is 17.0 Å². The van der Waals surface area contributed by atoms with Gasteiger partial charge in [-0.1, -0.05) is 25.4 Å². The zero-order chi connectivity index (χ0) is 15.6. The lowest BCUT2D eigenvalue weighted by atomic mass is 10.1. The van der Waals surface area contributed by atoms with Gasteiger partial charge in [0.15, 0.2) is 0 Å². The maximum atomic E-state index is 12.3. The third-order valence-corrected chi connectivity index (χ3v) is 3.54. The van der Waals surface area contributed by atoms with Crippen LogP contribution in [0.3, 0.4) is 0 Å². The Kier molecular flexibility index (Phi) is 4.69. The number of carbonyl (C=O) groups is 1. The smallest absolute Gasteiger partial charge is 0.256 e. The zero-order valence-corrected chi connectivity index (χ0v) is 12.9. The minimum absolute atomic E-state index is 0.0368. The van der Waals surface area contributed by atoms with Gasteiger partial charge in [-0.15, -0.1) is 0 Å². The fourth-order valence-corrected chi connectivity index (χ4v) is 2.22. The van der Waals surface area contributed by atoms with Crippen molar-refractivity contribution < 1.29 is 14.3 Å². The number of hydrogen-bond donors (Lipinski definition) is 2. The standard InChI is InChI=1S/C14H18ClN3O3/c1-8(2)12-11(13(15)18(3)17-12)14(20)16-7-9(19)10-5-4-6-21-10/h4-6,8-9,19H,7H2,1-3H3,(H,16,20)/t9-/m0/s1. The monoisotopic (exact) mass is 311 g/mol. The van der Waals surface area contributed by atoms with Gasteiger partial charge in [0, 0.05) is 7.05 Å². The Morgan fingerprint density at radius 3 is 2.86 bits per heavy atom. The van der Waals surface area contributed by atoms with Gasteiger partial charge >= 0.3 is 0 Å². The van der Waals surface area contributed by atoms with E-state index in [9.17, 15) is 9.90 Å². The highest BCUT2D eigenvalue weighted by Gasteiger charge is 2.24. The summed E-state index contributed by atoms with van der Waals surface area (Å²) in [6, 6.07) is 3.32. The summed E-state index contributed by atoms with van der Waals surface area (Å²) in [6.45, 7) is 3.91. The van der Waals surface area contributed by atoms with Crippen molar-refractivity contribution in [2.75, 3.05) is 6.54 Å². The molecular weight excluding hydrogens is 294 g/mol. The van der Waals surface area contributed by atoms with Crippen LogP contribution in [0.2, 0.25) is 5.15 Å². The Morgan fingerprint density at radius 2 is 2.29 bits per heavy atom. The highest BCUT2D eigenvalue weighted by Crippen LogP contribution is 2.25. The quantitative estimate of drug-likeness (QED) is 0.887. The van der Waals surface area contributed by atoms with Crippen LogP contribution in [-0.2, 0) is 7.05 Å². The number of aryl methyl sites for hydroxylation is 1. The molecule has 0 saturated heterocycles. The molecule has 0 aliphatic rings. The SMILES string of the molecule is CC(C)c1nn(C)c(Cl)c1C(=O)NC[C@H](O)c1ccco1. The summed E-state index contributed by atoms with van der Waals surface area (Å²) in [5, 5.41) is 17.1. The normalized spacial score (nSPS) is 12.7. The lowest BCUT2D eigenvalue weighted by molar-refractivity contribution is 0.0900. The second-order valence-electron chi connectivity index (χ2n) is 5.07. The van der Waals surface area contributed by atoms with Gasteiger partial charge in [0.05, 0.1) is 24.1 Å². The lowest BCUT2D eigenvalue weighted by Gasteiger charge is -2.10. The van der Waals surface area contributed by atoms with Crippen LogP contribution in [-0.4, -0.2) is 27.3 Å². The van der Waals surface area contributed by atoms with E-state index in [1.807, 2.05) is 13.8 Å². The number of nitrogens with zero attached hydrogens (tertiary/aromatic N) is 2. The van der Waals surface area contributed by atoms with E-state index >= 15 is 0 Å². The van der Waals surface area contributed by atoms with Crippen LogP contribution in [0.5, 0.6) is 0 Å². The number of aliphatic hydroxyl groups is 1. The summed E-state index contributed by atoms with van der Waals surface area (Å²) in [7, 11) is 1.68. The number of halogens is 1. The Labute approximate surface area is 127 Å². The average molecular weight is 312 g/mol. The summed E-state index contributed by atoms with van der Waals surface area (Å²) in [6.07, 6.45) is 0.566.